The molecule has 0 aliphatic heterocycles. The number of rotatable bonds is 7. The number of primary amides is 1. The summed E-state index contributed by atoms with van der Waals surface area (Å²) in [5.74, 6) is -0.755. The molecule has 3 rings (SSSR count). The lowest BCUT2D eigenvalue weighted by molar-refractivity contribution is -0.127. The predicted molar refractivity (Wildman–Crippen MR) is 107 cm³/mol. The second kappa shape index (κ2) is 8.81. The van der Waals surface area contributed by atoms with Crippen molar-refractivity contribution in [1.29, 1.82) is 0 Å². The molecule has 0 fully saturated rings. The second-order valence-electron chi connectivity index (χ2n) is 6.45. The van der Waals surface area contributed by atoms with Gasteiger partial charge in [0.2, 0.25) is 11.8 Å². The van der Waals surface area contributed by atoms with Crippen LogP contribution in [0, 0.1) is 0 Å². The van der Waals surface area contributed by atoms with Gasteiger partial charge in [-0.05, 0) is 22.3 Å². The molecule has 0 aromatic heterocycles. The van der Waals surface area contributed by atoms with Crippen molar-refractivity contribution in [3.63, 3.8) is 0 Å². The highest BCUT2D eigenvalue weighted by atomic mass is 16.2. The van der Waals surface area contributed by atoms with Gasteiger partial charge in [0, 0.05) is 6.42 Å². The highest BCUT2D eigenvalue weighted by molar-refractivity contribution is 5.87. The van der Waals surface area contributed by atoms with E-state index in [2.05, 4.69) is 5.32 Å². The number of carbonyl (C=O) groups is 2. The molecule has 136 valence electrons. The highest BCUT2D eigenvalue weighted by Crippen LogP contribution is 2.19. The third kappa shape index (κ3) is 5.28. The molecule has 3 N–H and O–H groups in total. The third-order valence-corrected chi connectivity index (χ3v) is 4.39. The fourth-order valence-corrected chi connectivity index (χ4v) is 2.95. The highest BCUT2D eigenvalue weighted by Gasteiger charge is 2.18. The Kier molecular flexibility index (Phi) is 6.00. The molecular weight excluding hydrogens is 336 g/mol. The van der Waals surface area contributed by atoms with Crippen molar-refractivity contribution < 1.29 is 9.59 Å². The lowest BCUT2D eigenvalue weighted by Gasteiger charge is -2.16. The van der Waals surface area contributed by atoms with Crippen molar-refractivity contribution in [3.05, 3.63) is 96.1 Å². The Hall–Kier alpha value is -3.40. The maximum atomic E-state index is 12.2. The zero-order valence-corrected chi connectivity index (χ0v) is 15.0. The van der Waals surface area contributed by atoms with Gasteiger partial charge in [0.25, 0.3) is 0 Å². The maximum absolute atomic E-state index is 12.2. The van der Waals surface area contributed by atoms with E-state index in [0.29, 0.717) is 6.42 Å². The molecule has 2 amide bonds. The molecule has 27 heavy (non-hydrogen) atoms. The van der Waals surface area contributed by atoms with Gasteiger partial charge in [0.15, 0.2) is 0 Å². The SMILES string of the molecule is NC(=O)[C@H](Cc1ccc(-c2ccccc2)cc1)NC(=O)Cc1ccccc1. The first-order valence-electron chi connectivity index (χ1n) is 8.89. The van der Waals surface area contributed by atoms with E-state index in [0.717, 1.165) is 22.3 Å². The average Bonchev–Trinajstić information content (AvgIpc) is 2.69. The number of hydrogen-bond donors (Lipinski definition) is 2. The smallest absolute Gasteiger partial charge is 0.240 e. The van der Waals surface area contributed by atoms with Crippen molar-refractivity contribution in [2.24, 2.45) is 5.73 Å². The Balaban J connectivity index is 1.64. The Labute approximate surface area is 159 Å². The summed E-state index contributed by atoms with van der Waals surface area (Å²) in [5, 5.41) is 2.75. The van der Waals surface area contributed by atoms with Crippen LogP contribution in [0.3, 0.4) is 0 Å². The van der Waals surface area contributed by atoms with E-state index in [1.807, 2.05) is 84.9 Å². The first-order chi connectivity index (χ1) is 13.1. The van der Waals surface area contributed by atoms with Gasteiger partial charge in [-0.15, -0.1) is 0 Å². The summed E-state index contributed by atoms with van der Waals surface area (Å²) in [4.78, 5) is 24.0. The number of amides is 2. The first-order valence-corrected chi connectivity index (χ1v) is 8.89. The molecule has 3 aromatic rings. The average molecular weight is 358 g/mol. The largest absolute Gasteiger partial charge is 0.368 e. The molecule has 0 bridgehead atoms. The van der Waals surface area contributed by atoms with E-state index < -0.39 is 11.9 Å². The van der Waals surface area contributed by atoms with Crippen LogP contribution in [0.2, 0.25) is 0 Å². The summed E-state index contributed by atoms with van der Waals surface area (Å²) in [6.07, 6.45) is 0.586. The monoisotopic (exact) mass is 358 g/mol. The van der Waals surface area contributed by atoms with E-state index in [1.54, 1.807) is 0 Å². The zero-order chi connectivity index (χ0) is 19.1. The predicted octanol–water partition coefficient (Wildman–Crippen LogP) is 3.11. The number of hydrogen-bond acceptors (Lipinski definition) is 2. The van der Waals surface area contributed by atoms with Crippen molar-refractivity contribution in [3.8, 4) is 11.1 Å². The molecule has 4 heteroatoms. The fraction of sp³-hybridized carbons (Fsp3) is 0.130. The minimum atomic E-state index is -0.733. The van der Waals surface area contributed by atoms with Crippen LogP contribution in [-0.4, -0.2) is 17.9 Å². The summed E-state index contributed by atoms with van der Waals surface area (Å²) in [7, 11) is 0. The lowest BCUT2D eigenvalue weighted by atomic mass is 10.00. The van der Waals surface area contributed by atoms with E-state index >= 15 is 0 Å². The lowest BCUT2D eigenvalue weighted by Crippen LogP contribution is -2.46. The quantitative estimate of drug-likeness (QED) is 0.681. The van der Waals surface area contributed by atoms with Crippen LogP contribution in [0.5, 0.6) is 0 Å². The molecule has 0 spiro atoms. The molecule has 0 unspecified atom stereocenters. The second-order valence-corrected chi connectivity index (χ2v) is 6.45. The molecule has 0 saturated carbocycles. The van der Waals surface area contributed by atoms with Gasteiger partial charge in [-0.3, -0.25) is 9.59 Å². The van der Waals surface area contributed by atoms with Crippen molar-refractivity contribution in [2.45, 2.75) is 18.9 Å². The van der Waals surface area contributed by atoms with Gasteiger partial charge in [-0.25, -0.2) is 0 Å². The Morgan fingerprint density at radius 3 is 1.89 bits per heavy atom. The number of nitrogens with two attached hydrogens (primary N) is 1. The molecule has 0 radical (unpaired) electrons. The number of nitrogens with one attached hydrogen (secondary N) is 1. The van der Waals surface area contributed by atoms with Crippen molar-refractivity contribution in [2.75, 3.05) is 0 Å². The van der Waals surface area contributed by atoms with Gasteiger partial charge >= 0.3 is 0 Å². The van der Waals surface area contributed by atoms with E-state index in [1.165, 1.54) is 0 Å². The molecule has 0 aliphatic carbocycles. The molecule has 3 aromatic carbocycles. The summed E-state index contributed by atoms with van der Waals surface area (Å²) < 4.78 is 0. The zero-order valence-electron chi connectivity index (χ0n) is 15.0. The fourth-order valence-electron chi connectivity index (χ4n) is 2.95. The molecular formula is C23H22N2O2. The first kappa shape index (κ1) is 18.4. The molecule has 1 atom stereocenters. The van der Waals surface area contributed by atoms with Gasteiger partial charge in [0.05, 0.1) is 6.42 Å². The van der Waals surface area contributed by atoms with Gasteiger partial charge in [-0.2, -0.15) is 0 Å². The summed E-state index contributed by atoms with van der Waals surface area (Å²) in [6.45, 7) is 0. The minimum absolute atomic E-state index is 0.217. The summed E-state index contributed by atoms with van der Waals surface area (Å²) in [6, 6.07) is 26.7. The Bertz CT molecular complexity index is 891. The number of carbonyl (C=O) groups excluding carboxylic acids is 2. The number of benzene rings is 3. The van der Waals surface area contributed by atoms with E-state index in [4.69, 9.17) is 5.73 Å². The van der Waals surface area contributed by atoms with Gasteiger partial charge < -0.3 is 11.1 Å². The standard InChI is InChI=1S/C23H22N2O2/c24-23(27)21(25-22(26)16-17-7-3-1-4-8-17)15-18-11-13-20(14-12-18)19-9-5-2-6-10-19/h1-14,21H,15-16H2,(H2,24,27)(H,25,26)/t21-/m0/s1. The van der Waals surface area contributed by atoms with Crippen molar-refractivity contribution >= 4 is 11.8 Å². The third-order valence-electron chi connectivity index (χ3n) is 4.39. The molecule has 0 heterocycles. The maximum Gasteiger partial charge on any atom is 0.240 e. The molecule has 0 aliphatic rings. The van der Waals surface area contributed by atoms with Crippen molar-refractivity contribution in [1.82, 2.24) is 5.32 Å². The summed E-state index contributed by atoms with van der Waals surface area (Å²) >= 11 is 0. The van der Waals surface area contributed by atoms with E-state index in [-0.39, 0.29) is 12.3 Å². The van der Waals surface area contributed by atoms with Crippen LogP contribution in [0.15, 0.2) is 84.9 Å². The molecule has 0 saturated heterocycles. The van der Waals surface area contributed by atoms with Crippen LogP contribution >= 0.6 is 0 Å². The Morgan fingerprint density at radius 2 is 1.30 bits per heavy atom. The van der Waals surface area contributed by atoms with Crippen LogP contribution in [-0.2, 0) is 22.4 Å². The topological polar surface area (TPSA) is 72.2 Å². The minimum Gasteiger partial charge on any atom is -0.368 e. The normalized spacial score (nSPS) is 11.6. The Morgan fingerprint density at radius 1 is 0.741 bits per heavy atom. The molecule has 4 nitrogen and oxygen atoms in total. The van der Waals surface area contributed by atoms with Gasteiger partial charge in [-0.1, -0.05) is 84.9 Å². The van der Waals surface area contributed by atoms with Gasteiger partial charge in [0.1, 0.15) is 6.04 Å². The summed E-state index contributed by atoms with van der Waals surface area (Å²) in [5.41, 5.74) is 9.56. The van der Waals surface area contributed by atoms with Crippen LogP contribution in [0.1, 0.15) is 11.1 Å². The van der Waals surface area contributed by atoms with Crippen LogP contribution in [0.25, 0.3) is 11.1 Å². The van der Waals surface area contributed by atoms with Crippen LogP contribution < -0.4 is 11.1 Å². The van der Waals surface area contributed by atoms with Crippen LogP contribution in [0.4, 0.5) is 0 Å². The van der Waals surface area contributed by atoms with E-state index in [9.17, 15) is 9.59 Å².